The maximum absolute atomic E-state index is 13.2. The molecule has 3 aliphatic rings. The maximum Gasteiger partial charge on any atom is 0.252 e. The van der Waals surface area contributed by atoms with E-state index in [1.165, 1.54) is 6.42 Å². The molecular weight excluding hydrogens is 335 g/mol. The van der Waals surface area contributed by atoms with Gasteiger partial charge in [-0.1, -0.05) is 19.3 Å². The topological polar surface area (TPSA) is 95.5 Å². The molecule has 2 atom stereocenters. The molecule has 0 radical (unpaired) electrons. The monoisotopic (exact) mass is 356 g/mol. The van der Waals surface area contributed by atoms with Crippen molar-refractivity contribution in [3.05, 3.63) is 34.7 Å². The predicted octanol–water partition coefficient (Wildman–Crippen LogP) is 1.02. The van der Waals surface area contributed by atoms with Crippen molar-refractivity contribution in [3.63, 3.8) is 0 Å². The van der Waals surface area contributed by atoms with Crippen LogP contribution in [0.4, 0.5) is 4.39 Å². The van der Waals surface area contributed by atoms with Gasteiger partial charge in [-0.3, -0.25) is 4.79 Å². The Hall–Kier alpha value is -1.67. The van der Waals surface area contributed by atoms with E-state index in [9.17, 15) is 22.7 Å². The first-order valence-corrected chi connectivity index (χ1v) is 9.79. The van der Waals surface area contributed by atoms with E-state index in [2.05, 4.69) is 10.6 Å². The van der Waals surface area contributed by atoms with E-state index in [0.717, 1.165) is 37.5 Å². The van der Waals surface area contributed by atoms with Gasteiger partial charge in [0.25, 0.3) is 5.91 Å². The fraction of sp³-hybridized carbons (Fsp3) is 0.562. The average Bonchev–Trinajstić information content (AvgIpc) is 2.80. The van der Waals surface area contributed by atoms with E-state index in [-0.39, 0.29) is 5.57 Å². The number of halogens is 1. The molecule has 2 aliphatic heterocycles. The van der Waals surface area contributed by atoms with Crippen molar-refractivity contribution in [1.82, 2.24) is 10.6 Å². The van der Waals surface area contributed by atoms with Gasteiger partial charge in [0.05, 0.1) is 17.4 Å². The number of hydrogen-bond acceptors (Lipinski definition) is 5. The molecule has 0 spiro atoms. The van der Waals surface area contributed by atoms with Gasteiger partial charge in [-0.2, -0.15) is 4.39 Å². The number of nitrogens with one attached hydrogen (secondary N) is 2. The summed E-state index contributed by atoms with van der Waals surface area (Å²) in [6, 6.07) is -0.917. The molecule has 1 amide bonds. The number of carbonyl (C=O) groups is 1. The van der Waals surface area contributed by atoms with E-state index in [4.69, 9.17) is 0 Å². The highest BCUT2D eigenvalue weighted by Gasteiger charge is 2.33. The largest absolute Gasteiger partial charge is 0.369 e. The SMILES string of the molecule is O=C(N[C@@H]1C=C(F)S(=O)(=O)C1)C1=CC=C(C2CCCCC2)NC1O. The Labute approximate surface area is 140 Å². The highest BCUT2D eigenvalue weighted by atomic mass is 32.2. The number of allylic oxidation sites excluding steroid dienone is 3. The summed E-state index contributed by atoms with van der Waals surface area (Å²) in [7, 11) is -3.92. The lowest BCUT2D eigenvalue weighted by molar-refractivity contribution is -0.118. The molecule has 132 valence electrons. The smallest absolute Gasteiger partial charge is 0.252 e. The number of hydrogen-bond donors (Lipinski definition) is 3. The van der Waals surface area contributed by atoms with Crippen LogP contribution in [0.1, 0.15) is 32.1 Å². The highest BCUT2D eigenvalue weighted by Crippen LogP contribution is 2.30. The summed E-state index contributed by atoms with van der Waals surface area (Å²) in [6.45, 7) is 0. The minimum Gasteiger partial charge on any atom is -0.369 e. The zero-order chi connectivity index (χ0) is 17.3. The molecule has 1 saturated carbocycles. The quantitative estimate of drug-likeness (QED) is 0.702. The predicted molar refractivity (Wildman–Crippen MR) is 86.8 cm³/mol. The first-order chi connectivity index (χ1) is 11.4. The number of sulfone groups is 1. The van der Waals surface area contributed by atoms with Crippen LogP contribution in [0.25, 0.3) is 0 Å². The summed E-state index contributed by atoms with van der Waals surface area (Å²) in [5, 5.41) is 14.3. The van der Waals surface area contributed by atoms with Crippen molar-refractivity contribution >= 4 is 15.7 Å². The van der Waals surface area contributed by atoms with Crippen molar-refractivity contribution < 1.29 is 22.7 Å². The first kappa shape index (κ1) is 17.2. The third kappa shape index (κ3) is 3.54. The Morgan fingerprint density at radius 3 is 2.54 bits per heavy atom. The van der Waals surface area contributed by atoms with Gasteiger partial charge in [0, 0.05) is 5.70 Å². The van der Waals surface area contributed by atoms with Crippen molar-refractivity contribution in [2.24, 2.45) is 5.92 Å². The molecule has 1 aliphatic carbocycles. The Kier molecular flexibility index (Phi) is 4.78. The molecule has 0 aromatic heterocycles. The standard InChI is InChI=1S/C16H21FN2O4S/c17-14-8-11(9-24(14,22)23)18-15(20)12-6-7-13(19-16(12)21)10-4-2-1-3-5-10/h6-8,10-11,16,19,21H,1-5,9H2,(H,18,20)/t11-,16?/m1/s1. The number of dihydropyridines is 1. The molecule has 2 heterocycles. The van der Waals surface area contributed by atoms with Crippen molar-refractivity contribution in [2.75, 3.05) is 5.75 Å². The Bertz CT molecular complexity index is 720. The van der Waals surface area contributed by atoms with Crippen LogP contribution in [0.3, 0.4) is 0 Å². The minimum absolute atomic E-state index is 0.0904. The number of rotatable bonds is 3. The molecule has 3 rings (SSSR count). The van der Waals surface area contributed by atoms with Crippen molar-refractivity contribution in [3.8, 4) is 0 Å². The van der Waals surface area contributed by atoms with E-state index in [1.807, 2.05) is 0 Å². The molecule has 8 heteroatoms. The Morgan fingerprint density at radius 2 is 1.96 bits per heavy atom. The second-order valence-corrected chi connectivity index (χ2v) is 8.41. The summed E-state index contributed by atoms with van der Waals surface area (Å²) in [5.74, 6) is -0.740. The van der Waals surface area contributed by atoms with Crippen LogP contribution in [0.5, 0.6) is 0 Å². The van der Waals surface area contributed by atoms with Gasteiger partial charge in [-0.25, -0.2) is 8.42 Å². The van der Waals surface area contributed by atoms with Gasteiger partial charge in [0.2, 0.25) is 15.0 Å². The molecule has 3 N–H and O–H groups in total. The third-order valence-electron chi connectivity index (χ3n) is 4.69. The molecule has 6 nitrogen and oxygen atoms in total. The molecule has 0 saturated heterocycles. The summed E-state index contributed by atoms with van der Waals surface area (Å²) in [5.41, 5.74) is 1.01. The lowest BCUT2D eigenvalue weighted by Crippen LogP contribution is -2.44. The highest BCUT2D eigenvalue weighted by molar-refractivity contribution is 7.95. The zero-order valence-electron chi connectivity index (χ0n) is 13.2. The summed E-state index contributed by atoms with van der Waals surface area (Å²) in [6.07, 6.45) is 8.72. The fourth-order valence-corrected chi connectivity index (χ4v) is 4.57. The van der Waals surface area contributed by atoms with Crippen LogP contribution in [0.15, 0.2) is 34.7 Å². The normalized spacial score (nSPS) is 30.0. The molecule has 1 unspecified atom stereocenters. The van der Waals surface area contributed by atoms with Crippen LogP contribution < -0.4 is 10.6 Å². The van der Waals surface area contributed by atoms with Crippen molar-refractivity contribution in [2.45, 2.75) is 44.4 Å². The van der Waals surface area contributed by atoms with Gasteiger partial charge in [0.15, 0.2) is 6.23 Å². The van der Waals surface area contributed by atoms with Crippen LogP contribution in [0, 0.1) is 5.92 Å². The van der Waals surface area contributed by atoms with Crippen LogP contribution in [-0.4, -0.2) is 37.5 Å². The van der Waals surface area contributed by atoms with E-state index in [0.29, 0.717) is 5.92 Å². The zero-order valence-corrected chi connectivity index (χ0v) is 14.0. The number of carbonyl (C=O) groups excluding carboxylic acids is 1. The summed E-state index contributed by atoms with van der Waals surface area (Å²) < 4.78 is 35.9. The molecule has 0 aromatic rings. The molecule has 0 aromatic carbocycles. The average molecular weight is 356 g/mol. The minimum atomic E-state index is -3.92. The number of aliphatic hydroxyl groups excluding tert-OH is 1. The number of aliphatic hydroxyl groups is 1. The van der Waals surface area contributed by atoms with Gasteiger partial charge < -0.3 is 15.7 Å². The number of amides is 1. The van der Waals surface area contributed by atoms with Gasteiger partial charge in [-0.05, 0) is 37.0 Å². The fourth-order valence-electron chi connectivity index (χ4n) is 3.38. The van der Waals surface area contributed by atoms with E-state index >= 15 is 0 Å². The molecule has 0 bridgehead atoms. The lowest BCUT2D eigenvalue weighted by atomic mass is 9.85. The van der Waals surface area contributed by atoms with E-state index in [1.54, 1.807) is 12.2 Å². The maximum atomic E-state index is 13.2. The van der Waals surface area contributed by atoms with Gasteiger partial charge >= 0.3 is 0 Å². The third-order valence-corrected chi connectivity index (χ3v) is 6.22. The summed E-state index contributed by atoms with van der Waals surface area (Å²) in [4.78, 5) is 12.2. The van der Waals surface area contributed by atoms with E-state index < -0.39 is 38.9 Å². The second kappa shape index (κ2) is 6.68. The second-order valence-electron chi connectivity index (χ2n) is 6.46. The Morgan fingerprint density at radius 1 is 1.25 bits per heavy atom. The molecule has 1 fully saturated rings. The van der Waals surface area contributed by atoms with Gasteiger partial charge in [-0.15, -0.1) is 0 Å². The summed E-state index contributed by atoms with van der Waals surface area (Å²) >= 11 is 0. The van der Waals surface area contributed by atoms with Crippen LogP contribution >= 0.6 is 0 Å². The molecule has 24 heavy (non-hydrogen) atoms. The van der Waals surface area contributed by atoms with Crippen LogP contribution in [-0.2, 0) is 14.6 Å². The van der Waals surface area contributed by atoms with Crippen molar-refractivity contribution in [1.29, 1.82) is 0 Å². The van der Waals surface area contributed by atoms with Crippen LogP contribution in [0.2, 0.25) is 0 Å². The first-order valence-electron chi connectivity index (χ1n) is 8.14. The Balaban J connectivity index is 1.67. The lowest BCUT2D eigenvalue weighted by Gasteiger charge is -2.30. The van der Waals surface area contributed by atoms with Gasteiger partial charge in [0.1, 0.15) is 0 Å². The molecular formula is C16H21FN2O4S.